The number of rotatable bonds is 3. The molecule has 0 aromatic heterocycles. The summed E-state index contributed by atoms with van der Waals surface area (Å²) in [6.07, 6.45) is 0. The Bertz CT molecular complexity index is 66.9. The summed E-state index contributed by atoms with van der Waals surface area (Å²) in [7, 11) is 0. The molecule has 0 aliphatic carbocycles. The highest BCUT2D eigenvalue weighted by Gasteiger charge is 1.97. The summed E-state index contributed by atoms with van der Waals surface area (Å²) >= 11 is 0. The van der Waals surface area contributed by atoms with Gasteiger partial charge in [0.15, 0.2) is 6.61 Å². The molecule has 0 rings (SSSR count). The molecule has 0 fully saturated rings. The SMILES string of the molecule is NNOC(=O)CON. The molecule has 6 nitrogen and oxygen atoms in total. The van der Waals surface area contributed by atoms with Crippen LogP contribution in [0.3, 0.4) is 0 Å². The number of nitrogens with two attached hydrogens (primary N) is 2. The van der Waals surface area contributed by atoms with Gasteiger partial charge in [-0.3, -0.25) is 4.84 Å². The molecule has 48 valence electrons. The van der Waals surface area contributed by atoms with Crippen molar-refractivity contribution in [2.45, 2.75) is 0 Å². The van der Waals surface area contributed by atoms with Crippen molar-refractivity contribution in [1.82, 2.24) is 5.59 Å². The topological polar surface area (TPSA) is 99.6 Å². The summed E-state index contributed by atoms with van der Waals surface area (Å²) in [6.45, 7) is -0.315. The molecule has 8 heavy (non-hydrogen) atoms. The molecule has 0 bridgehead atoms. The molecular weight excluding hydrogens is 114 g/mol. The van der Waals surface area contributed by atoms with Crippen LogP contribution in [0.15, 0.2) is 0 Å². The molecule has 5 N–H and O–H groups in total. The first-order chi connectivity index (χ1) is 3.81. The van der Waals surface area contributed by atoms with E-state index >= 15 is 0 Å². The molecule has 6 heteroatoms. The molecule has 0 radical (unpaired) electrons. The standard InChI is InChI=1S/C2H7N3O3/c3-5-8-2(6)1-7-4/h5H,1,3-4H2. The Morgan fingerprint density at radius 3 is 2.75 bits per heavy atom. The minimum Gasteiger partial charge on any atom is -0.353 e. The van der Waals surface area contributed by atoms with Crippen LogP contribution in [0.2, 0.25) is 0 Å². The third-order valence-corrected chi connectivity index (χ3v) is 0.374. The largest absolute Gasteiger partial charge is 0.354 e. The Hall–Kier alpha value is -0.690. The molecule has 0 amide bonds. The minimum absolute atomic E-state index is 0.315. The number of hydrogen-bond acceptors (Lipinski definition) is 6. The van der Waals surface area contributed by atoms with Gasteiger partial charge in [0.2, 0.25) is 0 Å². The highest BCUT2D eigenvalue weighted by Crippen LogP contribution is 1.68. The van der Waals surface area contributed by atoms with Crippen LogP contribution in [0.25, 0.3) is 0 Å². The number of carbonyl (C=O) groups is 1. The summed E-state index contributed by atoms with van der Waals surface area (Å²) in [5.41, 5.74) is 1.67. The van der Waals surface area contributed by atoms with E-state index in [1.54, 1.807) is 5.59 Å². The van der Waals surface area contributed by atoms with Crippen LogP contribution in [-0.2, 0) is 14.5 Å². The number of nitrogens with one attached hydrogen (secondary N) is 1. The molecule has 0 saturated heterocycles. The first-order valence-corrected chi connectivity index (χ1v) is 1.78. The molecular formula is C2H7N3O3. The lowest BCUT2D eigenvalue weighted by Gasteiger charge is -1.96. The van der Waals surface area contributed by atoms with Gasteiger partial charge in [0.05, 0.1) is 0 Å². The van der Waals surface area contributed by atoms with Crippen molar-refractivity contribution in [3.63, 3.8) is 0 Å². The predicted octanol–water partition coefficient (Wildman–Crippen LogP) is -2.20. The summed E-state index contributed by atoms with van der Waals surface area (Å²) < 4.78 is 0. The Kier molecular flexibility index (Phi) is 4.08. The Balaban J connectivity index is 3.06. The quantitative estimate of drug-likeness (QED) is 0.289. The summed E-state index contributed by atoms with van der Waals surface area (Å²) in [6, 6.07) is 0. The fourth-order valence-electron chi connectivity index (χ4n) is 0.163. The van der Waals surface area contributed by atoms with Gasteiger partial charge >= 0.3 is 5.97 Å². The fourth-order valence-corrected chi connectivity index (χ4v) is 0.163. The molecule has 0 unspecified atom stereocenters. The smallest absolute Gasteiger partial charge is 0.353 e. The predicted molar refractivity (Wildman–Crippen MR) is 23.6 cm³/mol. The first-order valence-electron chi connectivity index (χ1n) is 1.78. The van der Waals surface area contributed by atoms with Crippen molar-refractivity contribution >= 4 is 5.97 Å². The average Bonchev–Trinajstić information content (AvgIpc) is 1.68. The maximum Gasteiger partial charge on any atom is 0.354 e. The summed E-state index contributed by atoms with van der Waals surface area (Å²) in [5.74, 6) is 8.39. The summed E-state index contributed by atoms with van der Waals surface area (Å²) in [4.78, 5) is 17.9. The van der Waals surface area contributed by atoms with Gasteiger partial charge in [-0.25, -0.2) is 16.5 Å². The molecule has 0 atom stereocenters. The first kappa shape index (κ1) is 7.31. The second-order valence-corrected chi connectivity index (χ2v) is 0.903. The van der Waals surface area contributed by atoms with Gasteiger partial charge in [-0.2, -0.15) is 0 Å². The van der Waals surface area contributed by atoms with Gasteiger partial charge in [-0.05, 0) is 0 Å². The van der Waals surface area contributed by atoms with Crippen LogP contribution < -0.4 is 17.3 Å². The third kappa shape index (κ3) is 3.50. The lowest BCUT2D eigenvalue weighted by molar-refractivity contribution is -0.156. The van der Waals surface area contributed by atoms with Gasteiger partial charge < -0.3 is 4.84 Å². The molecule has 0 heterocycles. The van der Waals surface area contributed by atoms with Crippen LogP contribution in [0.1, 0.15) is 0 Å². The normalized spacial score (nSPS) is 8.75. The van der Waals surface area contributed by atoms with E-state index in [-0.39, 0.29) is 6.61 Å². The van der Waals surface area contributed by atoms with Crippen molar-refractivity contribution in [2.24, 2.45) is 11.7 Å². The van der Waals surface area contributed by atoms with Gasteiger partial charge in [-0.1, -0.05) is 5.59 Å². The monoisotopic (exact) mass is 121 g/mol. The maximum absolute atomic E-state index is 10.1. The van der Waals surface area contributed by atoms with E-state index in [1.807, 2.05) is 0 Å². The Labute approximate surface area is 45.6 Å². The number of carbonyl (C=O) groups excluding carboxylic acids is 1. The van der Waals surface area contributed by atoms with Gasteiger partial charge in [0.1, 0.15) is 0 Å². The van der Waals surface area contributed by atoms with E-state index in [0.717, 1.165) is 0 Å². The third-order valence-electron chi connectivity index (χ3n) is 0.374. The van der Waals surface area contributed by atoms with Crippen LogP contribution in [0.4, 0.5) is 0 Å². The summed E-state index contributed by atoms with van der Waals surface area (Å²) in [5, 5.41) is 0. The van der Waals surface area contributed by atoms with Crippen LogP contribution in [-0.4, -0.2) is 12.6 Å². The van der Waals surface area contributed by atoms with E-state index in [4.69, 9.17) is 0 Å². The lowest BCUT2D eigenvalue weighted by atomic mass is 10.8. The van der Waals surface area contributed by atoms with Crippen LogP contribution in [0.5, 0.6) is 0 Å². The molecule has 0 saturated carbocycles. The molecule has 0 aromatic rings. The molecule has 0 spiro atoms. The van der Waals surface area contributed by atoms with Gasteiger partial charge in [-0.15, -0.1) is 0 Å². The van der Waals surface area contributed by atoms with Crippen LogP contribution in [0, 0.1) is 0 Å². The fraction of sp³-hybridized carbons (Fsp3) is 0.500. The number of hydrazine groups is 1. The van der Waals surface area contributed by atoms with Crippen molar-refractivity contribution in [1.29, 1.82) is 0 Å². The van der Waals surface area contributed by atoms with Crippen molar-refractivity contribution in [3.8, 4) is 0 Å². The van der Waals surface area contributed by atoms with E-state index in [0.29, 0.717) is 0 Å². The molecule has 0 aromatic carbocycles. The van der Waals surface area contributed by atoms with E-state index in [1.165, 1.54) is 0 Å². The van der Waals surface area contributed by atoms with Crippen LogP contribution >= 0.6 is 0 Å². The highest BCUT2D eigenvalue weighted by atomic mass is 16.7. The highest BCUT2D eigenvalue weighted by molar-refractivity contribution is 5.70. The average molecular weight is 121 g/mol. The van der Waals surface area contributed by atoms with E-state index in [2.05, 4.69) is 21.4 Å². The zero-order chi connectivity index (χ0) is 6.41. The zero-order valence-corrected chi connectivity index (χ0v) is 4.09. The second-order valence-electron chi connectivity index (χ2n) is 0.903. The zero-order valence-electron chi connectivity index (χ0n) is 4.09. The van der Waals surface area contributed by atoms with E-state index in [9.17, 15) is 4.79 Å². The second kappa shape index (κ2) is 4.47. The van der Waals surface area contributed by atoms with Crippen molar-refractivity contribution in [3.05, 3.63) is 0 Å². The van der Waals surface area contributed by atoms with Crippen molar-refractivity contribution < 1.29 is 14.5 Å². The maximum atomic E-state index is 10.1. The minimum atomic E-state index is -0.671. The van der Waals surface area contributed by atoms with Gasteiger partial charge in [0, 0.05) is 0 Å². The number of hydrogen-bond donors (Lipinski definition) is 3. The Morgan fingerprint density at radius 2 is 2.38 bits per heavy atom. The lowest BCUT2D eigenvalue weighted by Crippen LogP contribution is -2.29. The van der Waals surface area contributed by atoms with Gasteiger partial charge in [0.25, 0.3) is 0 Å². The Morgan fingerprint density at radius 1 is 1.75 bits per heavy atom. The molecule has 0 aliphatic heterocycles. The molecule has 0 aliphatic rings. The van der Waals surface area contributed by atoms with Crippen molar-refractivity contribution in [2.75, 3.05) is 6.61 Å². The van der Waals surface area contributed by atoms with E-state index < -0.39 is 5.97 Å².